The molecule has 0 unspecified atom stereocenters. The normalized spacial score (nSPS) is 11.0. The van der Waals surface area contributed by atoms with Crippen LogP contribution in [0.4, 0.5) is 5.69 Å². The molecule has 2 rings (SSSR count). The molecule has 0 saturated heterocycles. The summed E-state index contributed by atoms with van der Waals surface area (Å²) in [6.45, 7) is 6.95. The first-order valence-electron chi connectivity index (χ1n) is 7.75. The maximum Gasteiger partial charge on any atom is 0.161 e. The summed E-state index contributed by atoms with van der Waals surface area (Å²) in [7, 11) is 1.64. The van der Waals surface area contributed by atoms with E-state index in [1.807, 2.05) is 42.5 Å². The van der Waals surface area contributed by atoms with Crippen molar-refractivity contribution in [2.75, 3.05) is 19.1 Å². The van der Waals surface area contributed by atoms with Gasteiger partial charge in [0.2, 0.25) is 0 Å². The smallest absolute Gasteiger partial charge is 0.161 e. The van der Waals surface area contributed by atoms with Gasteiger partial charge in [-0.05, 0) is 48.7 Å². The molecule has 0 fully saturated rings. The Morgan fingerprint density at radius 1 is 1.09 bits per heavy atom. The SMILES string of the molecule is COc1cc(C=NNc2ccc(C)cc2)ccc1OCC(C)C. The molecule has 4 heteroatoms. The van der Waals surface area contributed by atoms with Crippen molar-refractivity contribution < 1.29 is 9.47 Å². The van der Waals surface area contributed by atoms with E-state index >= 15 is 0 Å². The molecular weight excluding hydrogens is 288 g/mol. The lowest BCUT2D eigenvalue weighted by atomic mass is 10.2. The highest BCUT2D eigenvalue weighted by Gasteiger charge is 2.06. The van der Waals surface area contributed by atoms with Crippen molar-refractivity contribution in [3.63, 3.8) is 0 Å². The fourth-order valence-electron chi connectivity index (χ4n) is 1.95. The summed E-state index contributed by atoms with van der Waals surface area (Å²) in [5.74, 6) is 1.94. The van der Waals surface area contributed by atoms with Crippen LogP contribution in [-0.4, -0.2) is 19.9 Å². The first-order valence-corrected chi connectivity index (χ1v) is 7.75. The zero-order chi connectivity index (χ0) is 16.7. The highest BCUT2D eigenvalue weighted by atomic mass is 16.5. The first-order chi connectivity index (χ1) is 11.1. The molecule has 23 heavy (non-hydrogen) atoms. The third-order valence-corrected chi connectivity index (χ3v) is 3.22. The Bertz CT molecular complexity index is 649. The third kappa shape index (κ3) is 5.33. The standard InChI is InChI=1S/C19H24N2O2/c1-14(2)13-23-18-10-7-16(11-19(18)22-4)12-20-21-17-8-5-15(3)6-9-17/h5-12,14,21H,13H2,1-4H3. The summed E-state index contributed by atoms with van der Waals surface area (Å²) in [5, 5.41) is 4.25. The fourth-order valence-corrected chi connectivity index (χ4v) is 1.95. The molecule has 0 bridgehead atoms. The van der Waals surface area contributed by atoms with Crippen molar-refractivity contribution in [3.8, 4) is 11.5 Å². The predicted molar refractivity (Wildman–Crippen MR) is 95.7 cm³/mol. The summed E-state index contributed by atoms with van der Waals surface area (Å²) in [5.41, 5.74) is 6.13. The van der Waals surface area contributed by atoms with Crippen LogP contribution >= 0.6 is 0 Å². The monoisotopic (exact) mass is 312 g/mol. The number of hydrogen-bond donors (Lipinski definition) is 1. The molecule has 0 aliphatic rings. The first kappa shape index (κ1) is 16.9. The number of hydrogen-bond acceptors (Lipinski definition) is 4. The van der Waals surface area contributed by atoms with E-state index in [0.29, 0.717) is 18.3 Å². The van der Waals surface area contributed by atoms with Gasteiger partial charge in [0.25, 0.3) is 0 Å². The fraction of sp³-hybridized carbons (Fsp3) is 0.316. The Kier molecular flexibility index (Phi) is 6.03. The second-order valence-corrected chi connectivity index (χ2v) is 5.85. The molecule has 4 nitrogen and oxygen atoms in total. The van der Waals surface area contributed by atoms with Gasteiger partial charge < -0.3 is 9.47 Å². The van der Waals surface area contributed by atoms with Gasteiger partial charge in [0, 0.05) is 0 Å². The van der Waals surface area contributed by atoms with E-state index in [0.717, 1.165) is 17.0 Å². The van der Waals surface area contributed by atoms with Gasteiger partial charge in [-0.2, -0.15) is 5.10 Å². The molecule has 0 aliphatic heterocycles. The number of ether oxygens (including phenoxy) is 2. The van der Waals surface area contributed by atoms with E-state index < -0.39 is 0 Å². The average molecular weight is 312 g/mol. The van der Waals surface area contributed by atoms with Gasteiger partial charge in [0.15, 0.2) is 11.5 Å². The Balaban J connectivity index is 2.02. The molecule has 1 N–H and O–H groups in total. The second-order valence-electron chi connectivity index (χ2n) is 5.85. The Morgan fingerprint density at radius 3 is 2.48 bits per heavy atom. The van der Waals surface area contributed by atoms with E-state index in [-0.39, 0.29) is 0 Å². The Hall–Kier alpha value is -2.49. The number of benzene rings is 2. The molecule has 0 aliphatic carbocycles. The largest absolute Gasteiger partial charge is 0.493 e. The Morgan fingerprint density at radius 2 is 1.83 bits per heavy atom. The van der Waals surface area contributed by atoms with Gasteiger partial charge in [0.1, 0.15) is 0 Å². The van der Waals surface area contributed by atoms with Crippen LogP contribution in [0.15, 0.2) is 47.6 Å². The highest BCUT2D eigenvalue weighted by Crippen LogP contribution is 2.28. The van der Waals surface area contributed by atoms with Crippen molar-refractivity contribution in [2.45, 2.75) is 20.8 Å². The molecule has 2 aromatic rings. The van der Waals surface area contributed by atoms with Gasteiger partial charge in [-0.3, -0.25) is 5.43 Å². The number of rotatable bonds is 7. The van der Waals surface area contributed by atoms with Gasteiger partial charge in [-0.1, -0.05) is 31.5 Å². The minimum Gasteiger partial charge on any atom is -0.493 e. The van der Waals surface area contributed by atoms with Gasteiger partial charge >= 0.3 is 0 Å². The molecule has 0 aromatic heterocycles. The minimum absolute atomic E-state index is 0.472. The number of hydrazone groups is 1. The van der Waals surface area contributed by atoms with Gasteiger partial charge in [-0.15, -0.1) is 0 Å². The Labute approximate surface area is 138 Å². The lowest BCUT2D eigenvalue weighted by Gasteiger charge is -2.12. The molecule has 0 saturated carbocycles. The quantitative estimate of drug-likeness (QED) is 0.605. The number of nitrogens with one attached hydrogen (secondary N) is 1. The second kappa shape index (κ2) is 8.22. The van der Waals surface area contributed by atoms with Crippen LogP contribution in [0, 0.1) is 12.8 Å². The highest BCUT2D eigenvalue weighted by molar-refractivity contribution is 5.81. The molecular formula is C19H24N2O2. The number of aryl methyl sites for hydroxylation is 1. The molecule has 0 radical (unpaired) electrons. The summed E-state index contributed by atoms with van der Waals surface area (Å²) in [6, 6.07) is 13.9. The third-order valence-electron chi connectivity index (χ3n) is 3.22. The predicted octanol–water partition coefficient (Wildman–Crippen LogP) is 4.48. The van der Waals surface area contributed by atoms with Crippen LogP contribution in [0.25, 0.3) is 0 Å². The average Bonchev–Trinajstić information content (AvgIpc) is 2.55. The van der Waals surface area contributed by atoms with Gasteiger partial charge in [-0.25, -0.2) is 0 Å². The lowest BCUT2D eigenvalue weighted by molar-refractivity contribution is 0.257. The number of nitrogens with zero attached hydrogens (tertiary/aromatic N) is 1. The van der Waals surface area contributed by atoms with E-state index in [1.165, 1.54) is 5.56 Å². The molecule has 0 atom stereocenters. The molecule has 0 amide bonds. The molecule has 0 heterocycles. The lowest BCUT2D eigenvalue weighted by Crippen LogP contribution is -2.05. The van der Waals surface area contributed by atoms with Crippen molar-refractivity contribution in [2.24, 2.45) is 11.0 Å². The molecule has 2 aromatic carbocycles. The van der Waals surface area contributed by atoms with Crippen molar-refractivity contribution in [1.29, 1.82) is 0 Å². The zero-order valence-electron chi connectivity index (χ0n) is 14.2. The van der Waals surface area contributed by atoms with Crippen LogP contribution in [0.3, 0.4) is 0 Å². The van der Waals surface area contributed by atoms with Crippen molar-refractivity contribution in [3.05, 3.63) is 53.6 Å². The summed E-state index contributed by atoms with van der Waals surface area (Å²) in [4.78, 5) is 0. The maximum atomic E-state index is 5.74. The van der Waals surface area contributed by atoms with Crippen LogP contribution in [0.2, 0.25) is 0 Å². The molecule has 0 spiro atoms. The van der Waals surface area contributed by atoms with Crippen LogP contribution in [0.5, 0.6) is 11.5 Å². The van der Waals surface area contributed by atoms with E-state index in [2.05, 4.69) is 31.3 Å². The van der Waals surface area contributed by atoms with Crippen LogP contribution in [0.1, 0.15) is 25.0 Å². The van der Waals surface area contributed by atoms with Crippen LogP contribution in [-0.2, 0) is 0 Å². The maximum absolute atomic E-state index is 5.74. The minimum atomic E-state index is 0.472. The van der Waals surface area contributed by atoms with Crippen LogP contribution < -0.4 is 14.9 Å². The number of anilines is 1. The topological polar surface area (TPSA) is 42.8 Å². The molecule has 122 valence electrons. The van der Waals surface area contributed by atoms with E-state index in [4.69, 9.17) is 9.47 Å². The van der Waals surface area contributed by atoms with E-state index in [9.17, 15) is 0 Å². The van der Waals surface area contributed by atoms with Gasteiger partial charge in [0.05, 0.1) is 25.6 Å². The van der Waals surface area contributed by atoms with Crippen molar-refractivity contribution in [1.82, 2.24) is 0 Å². The van der Waals surface area contributed by atoms with E-state index in [1.54, 1.807) is 13.3 Å². The summed E-state index contributed by atoms with van der Waals surface area (Å²) in [6.07, 6.45) is 1.76. The zero-order valence-corrected chi connectivity index (χ0v) is 14.2. The summed E-state index contributed by atoms with van der Waals surface area (Å²) < 4.78 is 11.1. The van der Waals surface area contributed by atoms with Crippen molar-refractivity contribution >= 4 is 11.9 Å². The number of methoxy groups -OCH3 is 1. The summed E-state index contributed by atoms with van der Waals surface area (Å²) >= 11 is 0.